The smallest absolute Gasteiger partial charge is 0.243 e. The average Bonchev–Trinajstić information content (AvgIpc) is 3.64. The molecule has 6 rings (SSSR count). The molecule has 234 valence electrons. The molecule has 0 aliphatic heterocycles. The van der Waals surface area contributed by atoms with Crippen LogP contribution >= 0.6 is 0 Å². The van der Waals surface area contributed by atoms with Gasteiger partial charge in [0.25, 0.3) is 0 Å². The van der Waals surface area contributed by atoms with Gasteiger partial charge in [-0.3, -0.25) is 9.97 Å². The number of aromatic nitrogens is 6. The van der Waals surface area contributed by atoms with E-state index in [4.69, 9.17) is 9.47 Å². The molecule has 2 aromatic carbocycles. The van der Waals surface area contributed by atoms with Crippen LogP contribution in [0.4, 0.5) is 0 Å². The van der Waals surface area contributed by atoms with Gasteiger partial charge in [-0.25, -0.2) is 0 Å². The summed E-state index contributed by atoms with van der Waals surface area (Å²) in [6, 6.07) is 20.1. The van der Waals surface area contributed by atoms with Crippen molar-refractivity contribution in [2.45, 2.75) is 52.4 Å². The molecule has 0 atom stereocenters. The Labute approximate surface area is 271 Å². The van der Waals surface area contributed by atoms with Crippen molar-refractivity contribution in [3.05, 3.63) is 122 Å². The van der Waals surface area contributed by atoms with E-state index in [1.807, 2.05) is 93.5 Å². The first-order valence-corrected chi connectivity index (χ1v) is 15.3. The van der Waals surface area contributed by atoms with Crippen LogP contribution < -0.4 is 18.6 Å². The van der Waals surface area contributed by atoms with E-state index in [-0.39, 0.29) is 10.8 Å². The second-order valence-electron chi connectivity index (χ2n) is 13.6. The van der Waals surface area contributed by atoms with Gasteiger partial charge in [0, 0.05) is 49.3 Å². The molecule has 0 saturated heterocycles. The summed E-state index contributed by atoms with van der Waals surface area (Å²) < 4.78 is 20.6. The van der Waals surface area contributed by atoms with Crippen LogP contribution in [0.15, 0.2) is 97.8 Å². The molecule has 6 aromatic rings. The number of nitrogens with zero attached hydrogens (tertiary/aromatic N) is 6. The Balaban J connectivity index is 1.29. The summed E-state index contributed by atoms with van der Waals surface area (Å²) in [4.78, 5) is 9.21. The summed E-state index contributed by atoms with van der Waals surface area (Å²) in [5, 5.41) is 0. The van der Waals surface area contributed by atoms with E-state index in [1.54, 1.807) is 12.4 Å². The molecule has 0 aliphatic carbocycles. The number of benzene rings is 2. The summed E-state index contributed by atoms with van der Waals surface area (Å²) in [6.45, 7) is 13.2. The molecule has 4 heterocycles. The third-order valence-corrected chi connectivity index (χ3v) is 7.68. The Kier molecular flexibility index (Phi) is 7.98. The van der Waals surface area contributed by atoms with Crippen LogP contribution in [-0.2, 0) is 24.9 Å². The molecule has 0 aliphatic rings. The lowest BCUT2D eigenvalue weighted by molar-refractivity contribution is -0.599. The molecule has 0 radical (unpaired) electrons. The number of hydrogen-bond acceptors (Lipinski definition) is 4. The van der Waals surface area contributed by atoms with E-state index in [1.165, 1.54) is 0 Å². The second kappa shape index (κ2) is 11.9. The molecule has 0 unspecified atom stereocenters. The molecular weight excluding hydrogens is 572 g/mol. The van der Waals surface area contributed by atoms with Crippen LogP contribution in [0.1, 0.15) is 52.7 Å². The van der Waals surface area contributed by atoms with Crippen LogP contribution in [-0.4, -0.2) is 19.1 Å². The Hall–Kier alpha value is -5.24. The lowest BCUT2D eigenvalue weighted by Gasteiger charge is -2.22. The van der Waals surface area contributed by atoms with Crippen molar-refractivity contribution in [3.8, 4) is 45.8 Å². The minimum atomic E-state index is -0.0670. The SMILES string of the molecule is Cn1[c-][n+](-c2cc(Oc3ccnc(-c4cc(Oc5cc(-[n+]6[c-]n(C)cc6)cc(C(C)(C)C)c5)ccn4)c3)cc(C(C)(C)C)c2)cc1. The molecule has 0 fully saturated rings. The van der Waals surface area contributed by atoms with E-state index in [0.717, 1.165) is 34.0 Å². The Morgan fingerprint density at radius 3 is 1.33 bits per heavy atom. The fourth-order valence-electron chi connectivity index (χ4n) is 5.02. The van der Waals surface area contributed by atoms with Gasteiger partial charge in [0.05, 0.1) is 36.9 Å². The standard InChI is InChI=1S/C38H40N6O2/c1-37(2,3)27-17-29(43-15-13-41(7)25-43)21-33(19-27)45-31-9-11-39-35(23-31)36-24-32(10-12-40-36)46-34-20-28(38(4,5)6)18-30(22-34)44-16-14-42(8)26-44/h9-24H,1-8H3. The van der Waals surface area contributed by atoms with Crippen LogP contribution in [0.5, 0.6) is 23.0 Å². The summed E-state index contributed by atoms with van der Waals surface area (Å²) in [5.41, 5.74) is 5.50. The van der Waals surface area contributed by atoms with Gasteiger partial charge in [-0.2, -0.15) is 0 Å². The van der Waals surface area contributed by atoms with Gasteiger partial charge in [-0.05, 0) is 58.4 Å². The average molecular weight is 613 g/mol. The molecule has 0 amide bonds. The van der Waals surface area contributed by atoms with Crippen LogP contribution in [0.25, 0.3) is 22.8 Å². The number of pyridine rings is 2. The summed E-state index contributed by atoms with van der Waals surface area (Å²) in [6.07, 6.45) is 17.9. The third kappa shape index (κ3) is 7.01. The predicted octanol–water partition coefficient (Wildman–Crippen LogP) is 7.15. The Morgan fingerprint density at radius 2 is 0.978 bits per heavy atom. The zero-order chi connectivity index (χ0) is 32.6. The van der Waals surface area contributed by atoms with Crippen molar-refractivity contribution >= 4 is 0 Å². The molecule has 46 heavy (non-hydrogen) atoms. The normalized spacial score (nSPS) is 11.9. The number of ether oxygens (including phenoxy) is 2. The summed E-state index contributed by atoms with van der Waals surface area (Å²) >= 11 is 0. The van der Waals surface area contributed by atoms with E-state index >= 15 is 0 Å². The molecule has 8 heteroatoms. The van der Waals surface area contributed by atoms with Gasteiger partial charge in [0.1, 0.15) is 23.0 Å². The topological polar surface area (TPSA) is 61.9 Å². The first-order chi connectivity index (χ1) is 21.8. The summed E-state index contributed by atoms with van der Waals surface area (Å²) in [7, 11) is 3.91. The summed E-state index contributed by atoms with van der Waals surface area (Å²) in [5.74, 6) is 2.79. The molecule has 0 spiro atoms. The highest BCUT2D eigenvalue weighted by atomic mass is 16.5. The van der Waals surface area contributed by atoms with Gasteiger partial charge < -0.3 is 27.7 Å². The van der Waals surface area contributed by atoms with E-state index < -0.39 is 0 Å². The van der Waals surface area contributed by atoms with Crippen molar-refractivity contribution in [1.29, 1.82) is 0 Å². The fourth-order valence-corrected chi connectivity index (χ4v) is 5.02. The van der Waals surface area contributed by atoms with Crippen molar-refractivity contribution in [2.24, 2.45) is 14.1 Å². The molecule has 0 bridgehead atoms. The zero-order valence-corrected chi connectivity index (χ0v) is 27.7. The number of aryl methyl sites for hydroxylation is 2. The first kappa shape index (κ1) is 30.8. The number of imidazole rings is 2. The van der Waals surface area contributed by atoms with Gasteiger partial charge in [-0.1, -0.05) is 53.7 Å². The highest BCUT2D eigenvalue weighted by Gasteiger charge is 2.18. The lowest BCUT2D eigenvalue weighted by Crippen LogP contribution is -2.29. The van der Waals surface area contributed by atoms with Gasteiger partial charge >= 0.3 is 0 Å². The van der Waals surface area contributed by atoms with E-state index in [0.29, 0.717) is 22.9 Å². The van der Waals surface area contributed by atoms with E-state index in [9.17, 15) is 0 Å². The Morgan fingerprint density at radius 1 is 0.565 bits per heavy atom. The van der Waals surface area contributed by atoms with Crippen molar-refractivity contribution < 1.29 is 18.6 Å². The highest BCUT2D eigenvalue weighted by Crippen LogP contribution is 2.34. The van der Waals surface area contributed by atoms with Crippen molar-refractivity contribution in [2.75, 3.05) is 0 Å². The van der Waals surface area contributed by atoms with Crippen LogP contribution in [0.2, 0.25) is 0 Å². The zero-order valence-electron chi connectivity index (χ0n) is 27.7. The number of rotatable bonds is 7. The van der Waals surface area contributed by atoms with Gasteiger partial charge in [0.2, 0.25) is 12.7 Å². The van der Waals surface area contributed by atoms with Gasteiger partial charge in [-0.15, -0.1) is 0 Å². The Bertz CT molecular complexity index is 1860. The molecular formula is C38H40N6O2. The highest BCUT2D eigenvalue weighted by molar-refractivity contribution is 5.59. The maximum absolute atomic E-state index is 6.43. The third-order valence-electron chi connectivity index (χ3n) is 7.68. The maximum Gasteiger partial charge on any atom is 0.243 e. The lowest BCUT2D eigenvalue weighted by atomic mass is 9.86. The first-order valence-electron chi connectivity index (χ1n) is 15.3. The van der Waals surface area contributed by atoms with Crippen molar-refractivity contribution in [1.82, 2.24) is 19.1 Å². The van der Waals surface area contributed by atoms with Crippen LogP contribution in [0, 0.1) is 12.7 Å². The van der Waals surface area contributed by atoms with Gasteiger partial charge in [0.15, 0.2) is 0 Å². The monoisotopic (exact) mass is 612 g/mol. The quantitative estimate of drug-likeness (QED) is 0.142. The predicted molar refractivity (Wildman–Crippen MR) is 177 cm³/mol. The largest absolute Gasteiger partial charge is 0.458 e. The molecule has 0 saturated carbocycles. The molecule has 4 aromatic heterocycles. The fraction of sp³-hybridized carbons (Fsp3) is 0.263. The minimum absolute atomic E-state index is 0.0670. The minimum Gasteiger partial charge on any atom is -0.458 e. The second-order valence-corrected chi connectivity index (χ2v) is 13.6. The molecule has 8 nitrogen and oxygen atoms in total. The number of hydrogen-bond donors (Lipinski definition) is 0. The maximum atomic E-state index is 6.43. The van der Waals surface area contributed by atoms with E-state index in [2.05, 4.69) is 88.4 Å². The van der Waals surface area contributed by atoms with Crippen molar-refractivity contribution in [3.63, 3.8) is 0 Å². The molecule has 0 N–H and O–H groups in total. The van der Waals surface area contributed by atoms with Crippen LogP contribution in [0.3, 0.4) is 0 Å².